The lowest BCUT2D eigenvalue weighted by Gasteiger charge is -2.24. The van der Waals surface area contributed by atoms with E-state index in [9.17, 15) is 4.79 Å². The molecule has 2 nitrogen and oxygen atoms in total. The molecule has 0 atom stereocenters. The Balaban J connectivity index is 2.39. The molecule has 0 saturated carbocycles. The quantitative estimate of drug-likeness (QED) is 0.598. The average Bonchev–Trinajstić information content (AvgIpc) is 2.46. The maximum atomic E-state index is 11.9. The van der Waals surface area contributed by atoms with Crippen molar-refractivity contribution in [3.05, 3.63) is 47.5 Å². The van der Waals surface area contributed by atoms with Crippen molar-refractivity contribution in [2.45, 2.75) is 32.1 Å². The van der Waals surface area contributed by atoms with Gasteiger partial charge >= 0.3 is 0 Å². The highest BCUT2D eigenvalue weighted by molar-refractivity contribution is 6.05. The summed E-state index contributed by atoms with van der Waals surface area (Å²) >= 11 is 0. The number of hydrogen-bond donors (Lipinski definition) is 0. The highest BCUT2D eigenvalue weighted by atomic mass is 16.5. The zero-order valence-corrected chi connectivity index (χ0v) is 10.9. The first-order valence-electron chi connectivity index (χ1n) is 6.63. The Bertz CT molecular complexity index is 442. The van der Waals surface area contributed by atoms with Crippen LogP contribution in [0.4, 0.5) is 0 Å². The minimum atomic E-state index is 0.0270. The fraction of sp³-hybridized carbons (Fsp3) is 0.438. The Morgan fingerprint density at radius 1 is 1.44 bits per heavy atom. The van der Waals surface area contributed by atoms with Gasteiger partial charge in [0, 0.05) is 18.8 Å². The first kappa shape index (κ1) is 13.0. The third kappa shape index (κ3) is 2.70. The Morgan fingerprint density at radius 3 is 2.78 bits per heavy atom. The number of carbonyl (C=O) groups excluding carboxylic acids is 1. The maximum absolute atomic E-state index is 11.9. The van der Waals surface area contributed by atoms with Gasteiger partial charge in [-0.05, 0) is 42.4 Å². The van der Waals surface area contributed by atoms with Crippen LogP contribution in [0.3, 0.4) is 0 Å². The van der Waals surface area contributed by atoms with E-state index in [2.05, 4.69) is 19.6 Å². The van der Waals surface area contributed by atoms with E-state index in [-0.39, 0.29) is 5.78 Å². The van der Waals surface area contributed by atoms with Crippen molar-refractivity contribution in [1.82, 2.24) is 0 Å². The van der Waals surface area contributed by atoms with E-state index < -0.39 is 0 Å². The molecule has 2 heteroatoms. The molecule has 0 spiro atoms. The molecule has 1 aromatic carbocycles. The van der Waals surface area contributed by atoms with Crippen molar-refractivity contribution >= 4 is 5.78 Å². The predicted molar refractivity (Wildman–Crippen MR) is 73.1 cm³/mol. The fourth-order valence-corrected chi connectivity index (χ4v) is 2.51. The molecule has 18 heavy (non-hydrogen) atoms. The highest BCUT2D eigenvalue weighted by Gasteiger charge is 2.21. The number of ketones is 1. The van der Waals surface area contributed by atoms with Gasteiger partial charge < -0.3 is 4.74 Å². The third-order valence-corrected chi connectivity index (χ3v) is 3.64. The van der Waals surface area contributed by atoms with Crippen LogP contribution in [0, 0.1) is 0 Å². The van der Waals surface area contributed by atoms with Crippen molar-refractivity contribution in [3.8, 4) is 0 Å². The van der Waals surface area contributed by atoms with Crippen molar-refractivity contribution < 1.29 is 9.53 Å². The van der Waals surface area contributed by atoms with Crippen LogP contribution in [0.25, 0.3) is 0 Å². The second-order valence-corrected chi connectivity index (χ2v) is 4.73. The summed E-state index contributed by atoms with van der Waals surface area (Å²) in [4.78, 5) is 11.9. The standard InChI is InChI=1S/C16H20O2/c1-3-12-5-6-14(16(17)4-2)15(11-12)13-7-9-18-10-8-13/h4-6,11,13H,2-3,7-10H2,1H3. The van der Waals surface area contributed by atoms with Gasteiger partial charge in [0.05, 0.1) is 0 Å². The smallest absolute Gasteiger partial charge is 0.185 e. The van der Waals surface area contributed by atoms with E-state index in [0.717, 1.165) is 38.0 Å². The van der Waals surface area contributed by atoms with Crippen LogP contribution in [0.2, 0.25) is 0 Å². The molecule has 0 unspecified atom stereocenters. The minimum Gasteiger partial charge on any atom is -0.381 e. The van der Waals surface area contributed by atoms with Crippen molar-refractivity contribution in [3.63, 3.8) is 0 Å². The van der Waals surface area contributed by atoms with E-state index in [0.29, 0.717) is 5.92 Å². The van der Waals surface area contributed by atoms with E-state index >= 15 is 0 Å². The number of allylic oxidation sites excluding steroid dienone is 1. The highest BCUT2D eigenvalue weighted by Crippen LogP contribution is 2.30. The predicted octanol–water partition coefficient (Wildman–Crippen LogP) is 3.51. The van der Waals surface area contributed by atoms with Gasteiger partial charge in [-0.2, -0.15) is 0 Å². The summed E-state index contributed by atoms with van der Waals surface area (Å²) in [6, 6.07) is 6.18. The summed E-state index contributed by atoms with van der Waals surface area (Å²) in [5.74, 6) is 0.475. The first-order chi connectivity index (χ1) is 8.76. The molecule has 1 saturated heterocycles. The summed E-state index contributed by atoms with van der Waals surface area (Å²) in [7, 11) is 0. The van der Waals surface area contributed by atoms with Crippen LogP contribution in [0.1, 0.15) is 47.2 Å². The van der Waals surface area contributed by atoms with Crippen LogP contribution in [-0.4, -0.2) is 19.0 Å². The fourth-order valence-electron chi connectivity index (χ4n) is 2.51. The molecule has 1 aliphatic heterocycles. The van der Waals surface area contributed by atoms with Crippen molar-refractivity contribution in [2.24, 2.45) is 0 Å². The summed E-state index contributed by atoms with van der Waals surface area (Å²) in [6.45, 7) is 7.32. The second-order valence-electron chi connectivity index (χ2n) is 4.73. The number of benzene rings is 1. The van der Waals surface area contributed by atoms with Gasteiger partial charge in [-0.25, -0.2) is 0 Å². The maximum Gasteiger partial charge on any atom is 0.185 e. The van der Waals surface area contributed by atoms with E-state index in [1.54, 1.807) is 0 Å². The molecule has 2 rings (SSSR count). The molecule has 0 N–H and O–H groups in total. The molecule has 0 bridgehead atoms. The summed E-state index contributed by atoms with van der Waals surface area (Å²) in [6.07, 6.45) is 4.41. The molecule has 1 aliphatic rings. The summed E-state index contributed by atoms with van der Waals surface area (Å²) in [5.41, 5.74) is 3.29. The molecule has 1 heterocycles. The van der Waals surface area contributed by atoms with E-state index in [1.165, 1.54) is 17.2 Å². The molecule has 1 fully saturated rings. The number of hydrogen-bond acceptors (Lipinski definition) is 2. The van der Waals surface area contributed by atoms with Crippen LogP contribution in [0.15, 0.2) is 30.9 Å². The molecule has 0 aromatic heterocycles. The van der Waals surface area contributed by atoms with Gasteiger partial charge in [-0.1, -0.05) is 31.7 Å². The second kappa shape index (κ2) is 5.96. The molecular formula is C16H20O2. The van der Waals surface area contributed by atoms with Gasteiger partial charge in [0.25, 0.3) is 0 Å². The first-order valence-corrected chi connectivity index (χ1v) is 6.63. The Morgan fingerprint density at radius 2 is 2.17 bits per heavy atom. The normalized spacial score (nSPS) is 16.5. The topological polar surface area (TPSA) is 26.3 Å². The van der Waals surface area contributed by atoms with E-state index in [4.69, 9.17) is 4.74 Å². The van der Waals surface area contributed by atoms with Gasteiger partial charge in [0.1, 0.15) is 0 Å². The third-order valence-electron chi connectivity index (χ3n) is 3.64. The van der Waals surface area contributed by atoms with Gasteiger partial charge in [0.2, 0.25) is 0 Å². The molecule has 0 aliphatic carbocycles. The van der Waals surface area contributed by atoms with Gasteiger partial charge in [-0.15, -0.1) is 0 Å². The zero-order valence-electron chi connectivity index (χ0n) is 10.9. The van der Waals surface area contributed by atoms with Crippen molar-refractivity contribution in [2.75, 3.05) is 13.2 Å². The lowest BCUT2D eigenvalue weighted by Crippen LogP contribution is -2.16. The van der Waals surface area contributed by atoms with Crippen LogP contribution < -0.4 is 0 Å². The van der Waals surface area contributed by atoms with Gasteiger partial charge in [-0.3, -0.25) is 4.79 Å². The molecule has 0 amide bonds. The Kier molecular flexibility index (Phi) is 4.32. The monoisotopic (exact) mass is 244 g/mol. The van der Waals surface area contributed by atoms with E-state index in [1.807, 2.05) is 12.1 Å². The van der Waals surface area contributed by atoms with Crippen LogP contribution >= 0.6 is 0 Å². The SMILES string of the molecule is C=CC(=O)c1ccc(CC)cc1C1CCOCC1. The number of carbonyl (C=O) groups is 1. The molecule has 96 valence electrons. The van der Waals surface area contributed by atoms with Crippen LogP contribution in [0.5, 0.6) is 0 Å². The zero-order chi connectivity index (χ0) is 13.0. The number of ether oxygens (including phenoxy) is 1. The van der Waals surface area contributed by atoms with Crippen LogP contribution in [-0.2, 0) is 11.2 Å². The Hall–Kier alpha value is -1.41. The number of rotatable bonds is 4. The summed E-state index contributed by atoms with van der Waals surface area (Å²) < 4.78 is 5.40. The molecule has 1 aromatic rings. The lowest BCUT2D eigenvalue weighted by molar-refractivity contribution is 0.0847. The Labute approximate surface area is 109 Å². The largest absolute Gasteiger partial charge is 0.381 e. The summed E-state index contributed by atoms with van der Waals surface area (Å²) in [5, 5.41) is 0. The average molecular weight is 244 g/mol. The minimum absolute atomic E-state index is 0.0270. The molecule has 0 radical (unpaired) electrons. The number of aryl methyl sites for hydroxylation is 1. The van der Waals surface area contributed by atoms with Crippen molar-refractivity contribution in [1.29, 1.82) is 0 Å². The lowest BCUT2D eigenvalue weighted by atomic mass is 9.85. The molecular weight excluding hydrogens is 224 g/mol. The van der Waals surface area contributed by atoms with Gasteiger partial charge in [0.15, 0.2) is 5.78 Å².